The fourth-order valence-corrected chi connectivity index (χ4v) is 1.78. The predicted molar refractivity (Wildman–Crippen MR) is 67.4 cm³/mol. The number of carboxylic acid groups (broad SMARTS) is 4. The van der Waals surface area contributed by atoms with Crippen LogP contribution >= 0.6 is 0 Å². The molecule has 1 heterocycles. The average Bonchev–Trinajstić information content (AvgIpc) is 2.43. The van der Waals surface area contributed by atoms with Crippen LogP contribution in [0.15, 0.2) is 12.1 Å². The van der Waals surface area contributed by atoms with E-state index >= 15 is 0 Å². The molecule has 0 aliphatic carbocycles. The molecule has 1 aromatic carbocycles. The lowest BCUT2D eigenvalue weighted by molar-refractivity contribution is 0.0641. The van der Waals surface area contributed by atoms with Crippen molar-refractivity contribution >= 4 is 34.9 Å². The second kappa shape index (κ2) is 5.09. The minimum atomic E-state index is -1.73. The lowest BCUT2D eigenvalue weighted by atomic mass is 10.1. The number of hydrogen-bond donors (Lipinski definition) is 4. The zero-order valence-electron chi connectivity index (χ0n) is 10.5. The van der Waals surface area contributed by atoms with E-state index in [1.807, 2.05) is 0 Å². The fourth-order valence-electron chi connectivity index (χ4n) is 1.78. The van der Waals surface area contributed by atoms with Gasteiger partial charge < -0.3 is 20.4 Å². The topological polar surface area (TPSA) is 175 Å². The number of rotatable bonds is 4. The highest BCUT2D eigenvalue weighted by atomic mass is 16.4. The molecule has 10 heteroatoms. The quantitative estimate of drug-likeness (QED) is 0.619. The van der Waals surface area contributed by atoms with Crippen LogP contribution in [0.3, 0.4) is 0 Å². The third-order valence-electron chi connectivity index (χ3n) is 2.69. The van der Waals surface area contributed by atoms with E-state index in [9.17, 15) is 19.2 Å². The van der Waals surface area contributed by atoms with E-state index in [0.29, 0.717) is 0 Å². The van der Waals surface area contributed by atoms with Crippen LogP contribution < -0.4 is 0 Å². The molecule has 2 rings (SSSR count). The molecular weight excluding hydrogens is 300 g/mol. The van der Waals surface area contributed by atoms with E-state index in [1.54, 1.807) is 0 Å². The maximum Gasteiger partial charge on any atom is 0.357 e. The standard InChI is InChI=1S/C12H6N2O8/c15-9(16)3-1-2-4(10(17)18)6-5(3)13-7(11(19)20)8(14-6)12(21)22/h1-2H,(H,15,16)(H,17,18)(H,19,20)(H,21,22). The molecule has 0 saturated carbocycles. The van der Waals surface area contributed by atoms with Gasteiger partial charge in [-0.25, -0.2) is 29.1 Å². The average molecular weight is 306 g/mol. The molecule has 1 aromatic heterocycles. The molecule has 0 bridgehead atoms. The van der Waals surface area contributed by atoms with Crippen molar-refractivity contribution in [1.82, 2.24) is 9.97 Å². The summed E-state index contributed by atoms with van der Waals surface area (Å²) < 4.78 is 0. The van der Waals surface area contributed by atoms with Crippen LogP contribution in [0.5, 0.6) is 0 Å². The molecule has 0 aliphatic heterocycles. The predicted octanol–water partition coefficient (Wildman–Crippen LogP) is 0.423. The van der Waals surface area contributed by atoms with Gasteiger partial charge in [-0.05, 0) is 12.1 Å². The molecule has 2 aromatic rings. The van der Waals surface area contributed by atoms with E-state index in [-0.39, 0.29) is 0 Å². The Bertz CT molecular complexity index is 787. The van der Waals surface area contributed by atoms with Crippen molar-refractivity contribution in [2.24, 2.45) is 0 Å². The molecule has 0 spiro atoms. The summed E-state index contributed by atoms with van der Waals surface area (Å²) >= 11 is 0. The number of nitrogens with zero attached hydrogens (tertiary/aromatic N) is 2. The highest BCUT2D eigenvalue weighted by molar-refractivity contribution is 6.10. The first-order valence-electron chi connectivity index (χ1n) is 5.52. The lowest BCUT2D eigenvalue weighted by Crippen LogP contribution is -2.16. The van der Waals surface area contributed by atoms with Crippen molar-refractivity contribution in [1.29, 1.82) is 0 Å². The second-order valence-corrected chi connectivity index (χ2v) is 4.00. The Balaban J connectivity index is 3.03. The molecular formula is C12H6N2O8. The molecule has 0 fully saturated rings. The van der Waals surface area contributed by atoms with Crippen molar-refractivity contribution in [2.75, 3.05) is 0 Å². The number of aromatic carboxylic acids is 4. The summed E-state index contributed by atoms with van der Waals surface area (Å²) in [5.41, 5.74) is -3.99. The minimum absolute atomic E-state index is 0.494. The van der Waals surface area contributed by atoms with Crippen LogP contribution in [-0.2, 0) is 0 Å². The minimum Gasteiger partial charge on any atom is -0.478 e. The van der Waals surface area contributed by atoms with E-state index in [4.69, 9.17) is 20.4 Å². The molecule has 0 saturated heterocycles. The van der Waals surface area contributed by atoms with Gasteiger partial charge in [0.25, 0.3) is 0 Å². The summed E-state index contributed by atoms with van der Waals surface area (Å²) in [6.07, 6.45) is 0. The third-order valence-corrected chi connectivity index (χ3v) is 2.69. The molecule has 0 unspecified atom stereocenters. The normalized spacial score (nSPS) is 10.4. The molecule has 0 amide bonds. The van der Waals surface area contributed by atoms with E-state index in [2.05, 4.69) is 9.97 Å². The van der Waals surface area contributed by atoms with Gasteiger partial charge in [0.1, 0.15) is 11.0 Å². The SMILES string of the molecule is O=C(O)c1nc2c(C(=O)O)ccc(C(=O)O)c2nc1C(=O)O. The third kappa shape index (κ3) is 2.28. The molecule has 112 valence electrons. The lowest BCUT2D eigenvalue weighted by Gasteiger charge is -2.08. The Labute approximate surface area is 120 Å². The number of aromatic nitrogens is 2. The summed E-state index contributed by atoms with van der Waals surface area (Å²) in [5.74, 6) is -6.45. The summed E-state index contributed by atoms with van der Waals surface area (Å²) in [5, 5.41) is 36.0. The number of benzene rings is 1. The maximum absolute atomic E-state index is 11.1. The Morgan fingerprint density at radius 2 is 0.955 bits per heavy atom. The van der Waals surface area contributed by atoms with E-state index < -0.39 is 57.4 Å². The van der Waals surface area contributed by atoms with Crippen LogP contribution in [0.4, 0.5) is 0 Å². The van der Waals surface area contributed by atoms with Crippen molar-refractivity contribution in [3.05, 3.63) is 34.6 Å². The van der Waals surface area contributed by atoms with Gasteiger partial charge in [-0.15, -0.1) is 0 Å². The first-order valence-corrected chi connectivity index (χ1v) is 5.52. The highest BCUT2D eigenvalue weighted by Crippen LogP contribution is 2.22. The van der Waals surface area contributed by atoms with Gasteiger partial charge in [-0.3, -0.25) is 0 Å². The van der Waals surface area contributed by atoms with Crippen LogP contribution in [0.25, 0.3) is 11.0 Å². The van der Waals surface area contributed by atoms with Crippen molar-refractivity contribution in [2.45, 2.75) is 0 Å². The molecule has 10 nitrogen and oxygen atoms in total. The van der Waals surface area contributed by atoms with Gasteiger partial charge in [0, 0.05) is 0 Å². The Hall–Kier alpha value is -3.56. The van der Waals surface area contributed by atoms with Crippen LogP contribution in [0.2, 0.25) is 0 Å². The summed E-state index contributed by atoms with van der Waals surface area (Å²) in [7, 11) is 0. The van der Waals surface area contributed by atoms with Crippen LogP contribution in [0, 0.1) is 0 Å². The summed E-state index contributed by atoms with van der Waals surface area (Å²) in [6, 6.07) is 1.85. The van der Waals surface area contributed by atoms with Crippen LogP contribution in [0.1, 0.15) is 41.7 Å². The zero-order chi connectivity index (χ0) is 16.6. The van der Waals surface area contributed by atoms with Gasteiger partial charge in [0.2, 0.25) is 0 Å². The molecule has 0 radical (unpaired) electrons. The first kappa shape index (κ1) is 14.8. The van der Waals surface area contributed by atoms with Crippen LogP contribution in [-0.4, -0.2) is 54.3 Å². The van der Waals surface area contributed by atoms with Gasteiger partial charge >= 0.3 is 23.9 Å². The summed E-state index contributed by atoms with van der Waals surface area (Å²) in [4.78, 5) is 51.3. The second-order valence-electron chi connectivity index (χ2n) is 4.00. The Morgan fingerprint density at radius 3 is 1.18 bits per heavy atom. The number of hydrogen-bond acceptors (Lipinski definition) is 6. The van der Waals surface area contributed by atoms with E-state index in [0.717, 1.165) is 12.1 Å². The number of carbonyl (C=O) groups is 4. The molecule has 4 N–H and O–H groups in total. The van der Waals surface area contributed by atoms with Gasteiger partial charge in [-0.2, -0.15) is 0 Å². The molecule has 0 aliphatic rings. The van der Waals surface area contributed by atoms with E-state index in [1.165, 1.54) is 0 Å². The fraction of sp³-hybridized carbons (Fsp3) is 0. The molecule has 22 heavy (non-hydrogen) atoms. The van der Waals surface area contributed by atoms with Crippen molar-refractivity contribution in [3.63, 3.8) is 0 Å². The zero-order valence-corrected chi connectivity index (χ0v) is 10.5. The summed E-state index contributed by atoms with van der Waals surface area (Å²) in [6.45, 7) is 0. The van der Waals surface area contributed by atoms with Gasteiger partial charge in [0.15, 0.2) is 11.4 Å². The van der Waals surface area contributed by atoms with Crippen molar-refractivity contribution < 1.29 is 39.6 Å². The van der Waals surface area contributed by atoms with Gasteiger partial charge in [-0.1, -0.05) is 0 Å². The Morgan fingerprint density at radius 1 is 0.636 bits per heavy atom. The Kier molecular flexibility index (Phi) is 3.43. The largest absolute Gasteiger partial charge is 0.478 e. The van der Waals surface area contributed by atoms with Gasteiger partial charge in [0.05, 0.1) is 11.1 Å². The maximum atomic E-state index is 11.1. The monoisotopic (exact) mass is 306 g/mol. The smallest absolute Gasteiger partial charge is 0.357 e. The highest BCUT2D eigenvalue weighted by Gasteiger charge is 2.25. The number of carboxylic acids is 4. The first-order chi connectivity index (χ1) is 10.2. The number of fused-ring (bicyclic) bond motifs is 1. The van der Waals surface area contributed by atoms with Crippen molar-refractivity contribution in [3.8, 4) is 0 Å². The molecule has 0 atom stereocenters.